The van der Waals surface area contributed by atoms with Gasteiger partial charge in [-0.1, -0.05) is 91.0 Å². The molecular formula is C35H34ClN5O2. The zero-order valence-electron chi connectivity index (χ0n) is 23.6. The van der Waals surface area contributed by atoms with Crippen LogP contribution in [0.2, 0.25) is 0 Å². The summed E-state index contributed by atoms with van der Waals surface area (Å²) in [6.07, 6.45) is 0. The van der Waals surface area contributed by atoms with Gasteiger partial charge >= 0.3 is 12.1 Å². The molecule has 0 unspecified atom stereocenters. The van der Waals surface area contributed by atoms with Crippen LogP contribution in [0, 0.1) is 0 Å². The highest BCUT2D eigenvalue weighted by molar-refractivity contribution is 6.00. The number of halogens is 1. The van der Waals surface area contributed by atoms with Crippen LogP contribution < -0.4 is 21.3 Å². The molecule has 0 saturated heterocycles. The summed E-state index contributed by atoms with van der Waals surface area (Å²) in [4.78, 5) is 27.1. The van der Waals surface area contributed by atoms with E-state index in [1.54, 1.807) is 0 Å². The van der Waals surface area contributed by atoms with Crippen molar-refractivity contribution in [2.75, 3.05) is 21.3 Å². The van der Waals surface area contributed by atoms with Crippen LogP contribution in [-0.4, -0.2) is 17.0 Å². The lowest BCUT2D eigenvalue weighted by Gasteiger charge is -2.23. The highest BCUT2D eigenvalue weighted by atomic mass is 35.5. The third-order valence-electron chi connectivity index (χ3n) is 6.55. The van der Waals surface area contributed by atoms with Crippen molar-refractivity contribution in [3.05, 3.63) is 156 Å². The minimum absolute atomic E-state index is 0. The van der Waals surface area contributed by atoms with E-state index in [1.165, 1.54) is 5.56 Å². The number of hydrogen-bond donors (Lipinski definition) is 4. The molecule has 0 aliphatic heterocycles. The third-order valence-corrected chi connectivity index (χ3v) is 6.55. The maximum atomic E-state index is 12.4. The number of benzene rings is 5. The molecule has 8 heteroatoms. The minimum atomic E-state index is -0.282. The topological polar surface area (TPSA) is 85.5 Å². The summed E-state index contributed by atoms with van der Waals surface area (Å²) >= 11 is 0. The molecule has 7 nitrogen and oxygen atoms in total. The van der Waals surface area contributed by atoms with E-state index in [9.17, 15) is 9.59 Å². The maximum absolute atomic E-state index is 12.4. The molecule has 4 N–H and O–H groups in total. The second-order valence-electron chi connectivity index (χ2n) is 9.91. The Morgan fingerprint density at radius 3 is 1.02 bits per heavy atom. The van der Waals surface area contributed by atoms with E-state index in [0.29, 0.717) is 0 Å². The average Bonchev–Trinajstić information content (AvgIpc) is 3.00. The van der Waals surface area contributed by atoms with Gasteiger partial charge in [0, 0.05) is 42.4 Å². The quantitative estimate of drug-likeness (QED) is 0.131. The number of nitrogens with zero attached hydrogens (tertiary/aromatic N) is 1. The molecule has 4 amide bonds. The monoisotopic (exact) mass is 591 g/mol. The zero-order valence-corrected chi connectivity index (χ0v) is 24.4. The molecule has 5 aromatic rings. The average molecular weight is 592 g/mol. The fourth-order valence-corrected chi connectivity index (χ4v) is 4.54. The summed E-state index contributed by atoms with van der Waals surface area (Å²) < 4.78 is 0. The Morgan fingerprint density at radius 1 is 0.395 bits per heavy atom. The smallest absolute Gasteiger partial charge is 0.308 e. The van der Waals surface area contributed by atoms with Crippen molar-refractivity contribution in [2.45, 2.75) is 19.6 Å². The van der Waals surface area contributed by atoms with Gasteiger partial charge in [0.2, 0.25) is 0 Å². The molecule has 0 aliphatic rings. The van der Waals surface area contributed by atoms with Crippen LogP contribution in [-0.2, 0) is 19.6 Å². The zero-order chi connectivity index (χ0) is 29.0. The lowest BCUT2D eigenvalue weighted by molar-refractivity contribution is 0.247. The van der Waals surface area contributed by atoms with E-state index in [-0.39, 0.29) is 24.5 Å². The number of amides is 4. The molecule has 218 valence electrons. The number of carbonyl (C=O) groups excluding carboxylic acids is 2. The number of urea groups is 2. The van der Waals surface area contributed by atoms with Gasteiger partial charge in [-0.15, -0.1) is 12.4 Å². The van der Waals surface area contributed by atoms with Crippen LogP contribution in [0.4, 0.5) is 32.3 Å². The van der Waals surface area contributed by atoms with Gasteiger partial charge in [0.25, 0.3) is 0 Å². The molecular weight excluding hydrogens is 558 g/mol. The fraction of sp³-hybridized carbons (Fsp3) is 0.0857. The second-order valence-corrected chi connectivity index (χ2v) is 9.91. The van der Waals surface area contributed by atoms with E-state index >= 15 is 0 Å². The van der Waals surface area contributed by atoms with Crippen molar-refractivity contribution in [1.82, 2.24) is 4.90 Å². The number of anilines is 4. The van der Waals surface area contributed by atoms with Gasteiger partial charge < -0.3 is 21.3 Å². The van der Waals surface area contributed by atoms with E-state index in [1.807, 2.05) is 115 Å². The molecule has 5 rings (SSSR count). The van der Waals surface area contributed by atoms with Crippen LogP contribution in [0.15, 0.2) is 140 Å². The predicted octanol–water partition coefficient (Wildman–Crippen LogP) is 8.60. The van der Waals surface area contributed by atoms with Crippen LogP contribution in [0.25, 0.3) is 0 Å². The van der Waals surface area contributed by atoms with Crippen LogP contribution in [0.1, 0.15) is 16.7 Å². The molecule has 0 radical (unpaired) electrons. The Hall–Kier alpha value is -5.11. The Labute approximate surface area is 258 Å². The molecule has 0 spiro atoms. The molecule has 0 fully saturated rings. The van der Waals surface area contributed by atoms with Gasteiger partial charge in [0.15, 0.2) is 0 Å². The second kappa shape index (κ2) is 15.8. The maximum Gasteiger partial charge on any atom is 0.323 e. The molecule has 0 heterocycles. The van der Waals surface area contributed by atoms with Crippen molar-refractivity contribution in [1.29, 1.82) is 0 Å². The van der Waals surface area contributed by atoms with Crippen molar-refractivity contribution in [3.63, 3.8) is 0 Å². The van der Waals surface area contributed by atoms with Gasteiger partial charge in [-0.25, -0.2) is 9.59 Å². The Balaban J connectivity index is 0.00000423. The van der Waals surface area contributed by atoms with E-state index < -0.39 is 0 Å². The van der Waals surface area contributed by atoms with E-state index in [0.717, 1.165) is 53.5 Å². The third kappa shape index (κ3) is 10.0. The van der Waals surface area contributed by atoms with Crippen molar-refractivity contribution < 1.29 is 9.59 Å². The van der Waals surface area contributed by atoms with Crippen LogP contribution in [0.3, 0.4) is 0 Å². The minimum Gasteiger partial charge on any atom is -0.308 e. The number of nitrogens with one attached hydrogen (secondary N) is 4. The summed E-state index contributed by atoms with van der Waals surface area (Å²) in [5.41, 5.74) is 6.42. The molecule has 0 aromatic heterocycles. The van der Waals surface area contributed by atoms with Crippen LogP contribution in [0.5, 0.6) is 0 Å². The first-order valence-electron chi connectivity index (χ1n) is 13.8. The standard InChI is InChI=1S/C35H33N5O2.ClH/c41-34(36-30-12-6-2-7-13-30)38-32-20-16-28(17-21-32)25-40(24-27-10-4-1-5-11-27)26-29-18-22-33(23-19-29)39-35(42)37-31-14-8-3-9-15-31;/h1-23H,24-26H2,(H2,36,38,41)(H2,37,39,42);1H. The van der Waals surface area contributed by atoms with E-state index in [4.69, 9.17) is 0 Å². The van der Waals surface area contributed by atoms with Crippen molar-refractivity contribution >= 4 is 47.2 Å². The van der Waals surface area contributed by atoms with Gasteiger partial charge in [-0.2, -0.15) is 0 Å². The number of rotatable bonds is 10. The van der Waals surface area contributed by atoms with Gasteiger partial charge in [-0.3, -0.25) is 4.90 Å². The first-order valence-corrected chi connectivity index (χ1v) is 13.8. The predicted molar refractivity (Wildman–Crippen MR) is 178 cm³/mol. The lowest BCUT2D eigenvalue weighted by atomic mass is 10.1. The number of para-hydroxylation sites is 2. The van der Waals surface area contributed by atoms with Crippen molar-refractivity contribution in [2.24, 2.45) is 0 Å². The SMILES string of the molecule is Cl.O=C(Nc1ccccc1)Nc1ccc(CN(Cc2ccccc2)Cc2ccc(NC(=O)Nc3ccccc3)cc2)cc1. The number of carbonyl (C=O) groups is 2. The first-order chi connectivity index (χ1) is 20.6. The van der Waals surface area contributed by atoms with E-state index in [2.05, 4.69) is 50.4 Å². The molecule has 0 bridgehead atoms. The lowest BCUT2D eigenvalue weighted by Crippen LogP contribution is -2.23. The summed E-state index contributed by atoms with van der Waals surface area (Å²) in [5, 5.41) is 11.4. The Bertz CT molecular complexity index is 1470. The molecule has 0 atom stereocenters. The fourth-order valence-electron chi connectivity index (χ4n) is 4.54. The van der Waals surface area contributed by atoms with Crippen molar-refractivity contribution in [3.8, 4) is 0 Å². The highest BCUT2D eigenvalue weighted by Gasteiger charge is 2.10. The van der Waals surface area contributed by atoms with Gasteiger partial charge in [0.05, 0.1) is 0 Å². The summed E-state index contributed by atoms with van der Waals surface area (Å²) in [7, 11) is 0. The van der Waals surface area contributed by atoms with Crippen LogP contribution >= 0.6 is 12.4 Å². The first kappa shape index (κ1) is 30.8. The van der Waals surface area contributed by atoms with Gasteiger partial charge in [-0.05, 0) is 65.2 Å². The summed E-state index contributed by atoms with van der Waals surface area (Å²) in [6.45, 7) is 2.23. The molecule has 43 heavy (non-hydrogen) atoms. The molecule has 0 saturated carbocycles. The highest BCUT2D eigenvalue weighted by Crippen LogP contribution is 2.18. The summed E-state index contributed by atoms with van der Waals surface area (Å²) in [5.74, 6) is 0. The van der Waals surface area contributed by atoms with Gasteiger partial charge in [0.1, 0.15) is 0 Å². The Kier molecular flexibility index (Phi) is 11.3. The Morgan fingerprint density at radius 2 is 0.674 bits per heavy atom. The summed E-state index contributed by atoms with van der Waals surface area (Å²) in [6, 6.07) is 44.3. The number of hydrogen-bond acceptors (Lipinski definition) is 3. The normalized spacial score (nSPS) is 10.3. The molecule has 0 aliphatic carbocycles. The largest absolute Gasteiger partial charge is 0.323 e. The molecule has 5 aromatic carbocycles.